The van der Waals surface area contributed by atoms with Crippen molar-refractivity contribution in [1.82, 2.24) is 0 Å². The number of benzene rings is 2. The second-order valence-corrected chi connectivity index (χ2v) is 8.93. The summed E-state index contributed by atoms with van der Waals surface area (Å²) < 4.78 is 5.58. The summed E-state index contributed by atoms with van der Waals surface area (Å²) in [5.74, 6) is -0.200. The average molecular weight is 400 g/mol. The summed E-state index contributed by atoms with van der Waals surface area (Å²) in [4.78, 5) is 27.9. The van der Waals surface area contributed by atoms with Gasteiger partial charge in [0.05, 0.1) is 17.2 Å². The normalized spacial score (nSPS) is 23.5. The van der Waals surface area contributed by atoms with Gasteiger partial charge in [0.1, 0.15) is 5.60 Å². The first-order valence-electron chi connectivity index (χ1n) is 9.23. The number of ether oxygens (including phenoxy) is 1. The largest absolute Gasteiger partial charge is 0.443 e. The van der Waals surface area contributed by atoms with Crippen LogP contribution in [0.4, 0.5) is 10.5 Å². The molecule has 0 saturated carbocycles. The van der Waals surface area contributed by atoms with Crippen LogP contribution in [0, 0.1) is 5.41 Å². The van der Waals surface area contributed by atoms with E-state index in [4.69, 9.17) is 16.3 Å². The molecule has 0 bridgehead atoms. The van der Waals surface area contributed by atoms with Crippen LogP contribution in [0.5, 0.6) is 0 Å². The summed E-state index contributed by atoms with van der Waals surface area (Å²) in [5.41, 5.74) is 0.589. The summed E-state index contributed by atoms with van der Waals surface area (Å²) >= 11 is 6.15. The fourth-order valence-electron chi connectivity index (χ4n) is 4.16. The number of hydrogen-bond donors (Lipinski definition) is 1. The maximum absolute atomic E-state index is 13.5. The standard InChI is InChI=1S/C22H22ClNO4/c1-21(2,3)28-20(27)24-12-22(11-13-6-4-5-7-15(13)18(22)25)19(26)16-10-14(23)8-9-17(16)24/h4-10,18,25H,11-12H2,1-3H3/t18-,22-/m1/s1. The Bertz CT molecular complexity index is 981. The summed E-state index contributed by atoms with van der Waals surface area (Å²) in [6.45, 7) is 5.42. The highest BCUT2D eigenvalue weighted by Crippen LogP contribution is 2.52. The van der Waals surface area contributed by atoms with Gasteiger partial charge >= 0.3 is 6.09 Å². The van der Waals surface area contributed by atoms with Crippen LogP contribution in [0.3, 0.4) is 0 Å². The first-order valence-corrected chi connectivity index (χ1v) is 9.61. The predicted octanol–water partition coefficient (Wildman–Crippen LogP) is 4.55. The van der Waals surface area contributed by atoms with Crippen molar-refractivity contribution < 1.29 is 19.4 Å². The number of aliphatic hydroxyl groups is 1. The molecular weight excluding hydrogens is 378 g/mol. The van der Waals surface area contributed by atoms with Crippen molar-refractivity contribution in [3.05, 3.63) is 64.2 Å². The lowest BCUT2D eigenvalue weighted by molar-refractivity contribution is 0.0289. The van der Waals surface area contributed by atoms with E-state index < -0.39 is 23.2 Å². The number of anilines is 1. The number of amides is 1. The quantitative estimate of drug-likeness (QED) is 0.705. The van der Waals surface area contributed by atoms with Crippen LogP contribution in [-0.4, -0.2) is 29.1 Å². The van der Waals surface area contributed by atoms with Crippen LogP contribution < -0.4 is 4.90 Å². The number of aliphatic hydroxyl groups excluding tert-OH is 1. The SMILES string of the molecule is CC(C)(C)OC(=O)N1C[C@@]2(Cc3ccccc3[C@H]2O)C(=O)c2cc(Cl)ccc21. The van der Waals surface area contributed by atoms with Gasteiger partial charge in [-0.2, -0.15) is 0 Å². The van der Waals surface area contributed by atoms with Gasteiger partial charge in [-0.3, -0.25) is 9.69 Å². The van der Waals surface area contributed by atoms with E-state index in [9.17, 15) is 14.7 Å². The fraction of sp³-hybridized carbons (Fsp3) is 0.364. The molecule has 1 N–H and O–H groups in total. The Labute approximate surface area is 168 Å². The van der Waals surface area contributed by atoms with Gasteiger partial charge in [0.2, 0.25) is 0 Å². The number of carbonyl (C=O) groups excluding carboxylic acids is 2. The number of hydrogen-bond acceptors (Lipinski definition) is 4. The van der Waals surface area contributed by atoms with E-state index in [0.717, 1.165) is 11.1 Å². The zero-order chi connectivity index (χ0) is 20.3. The first kappa shape index (κ1) is 19.0. The van der Waals surface area contributed by atoms with Gasteiger partial charge < -0.3 is 9.84 Å². The minimum atomic E-state index is -1.15. The molecule has 1 spiro atoms. The zero-order valence-electron chi connectivity index (χ0n) is 16.0. The third-order valence-corrected chi connectivity index (χ3v) is 5.61. The van der Waals surface area contributed by atoms with Crippen molar-refractivity contribution in [3.63, 3.8) is 0 Å². The molecule has 0 saturated heterocycles. The average Bonchev–Trinajstić information content (AvgIpc) is 2.90. The molecule has 4 rings (SSSR count). The van der Waals surface area contributed by atoms with E-state index in [2.05, 4.69) is 0 Å². The molecule has 1 heterocycles. The van der Waals surface area contributed by atoms with E-state index in [1.165, 1.54) is 4.90 Å². The Morgan fingerprint density at radius 3 is 2.64 bits per heavy atom. The first-order chi connectivity index (χ1) is 13.1. The van der Waals surface area contributed by atoms with E-state index in [1.807, 2.05) is 24.3 Å². The van der Waals surface area contributed by atoms with Crippen LogP contribution in [0.25, 0.3) is 0 Å². The van der Waals surface area contributed by atoms with Crippen LogP contribution in [-0.2, 0) is 11.2 Å². The van der Waals surface area contributed by atoms with Crippen LogP contribution in [0.2, 0.25) is 5.02 Å². The molecule has 1 amide bonds. The van der Waals surface area contributed by atoms with Gasteiger partial charge in [-0.15, -0.1) is 0 Å². The molecule has 0 unspecified atom stereocenters. The van der Waals surface area contributed by atoms with E-state index in [0.29, 0.717) is 22.7 Å². The van der Waals surface area contributed by atoms with Crippen molar-refractivity contribution in [3.8, 4) is 0 Å². The lowest BCUT2D eigenvalue weighted by atomic mass is 9.72. The fourth-order valence-corrected chi connectivity index (χ4v) is 4.33. The molecule has 2 aromatic rings. The molecule has 1 aliphatic carbocycles. The number of halogens is 1. The van der Waals surface area contributed by atoms with Gasteiger partial charge in [0.25, 0.3) is 0 Å². The predicted molar refractivity (Wildman–Crippen MR) is 107 cm³/mol. The molecule has 146 valence electrons. The topological polar surface area (TPSA) is 66.8 Å². The Kier molecular flexibility index (Phi) is 4.28. The number of rotatable bonds is 0. The van der Waals surface area contributed by atoms with Crippen LogP contribution in [0.1, 0.15) is 48.4 Å². The molecule has 5 nitrogen and oxygen atoms in total. The van der Waals surface area contributed by atoms with Crippen LogP contribution >= 0.6 is 11.6 Å². The summed E-state index contributed by atoms with van der Waals surface area (Å²) in [7, 11) is 0. The Morgan fingerprint density at radius 2 is 1.96 bits per heavy atom. The Balaban J connectivity index is 1.84. The molecule has 28 heavy (non-hydrogen) atoms. The third-order valence-electron chi connectivity index (χ3n) is 5.38. The van der Waals surface area contributed by atoms with Crippen molar-refractivity contribution in [2.24, 2.45) is 5.41 Å². The number of nitrogens with zero attached hydrogens (tertiary/aromatic N) is 1. The zero-order valence-corrected chi connectivity index (χ0v) is 16.8. The number of fused-ring (bicyclic) bond motifs is 2. The highest BCUT2D eigenvalue weighted by atomic mass is 35.5. The van der Waals surface area contributed by atoms with Crippen molar-refractivity contribution in [1.29, 1.82) is 0 Å². The van der Waals surface area contributed by atoms with Crippen molar-refractivity contribution in [2.75, 3.05) is 11.4 Å². The van der Waals surface area contributed by atoms with Gasteiger partial charge in [0, 0.05) is 17.1 Å². The van der Waals surface area contributed by atoms with Crippen molar-refractivity contribution >= 4 is 29.2 Å². The minimum Gasteiger partial charge on any atom is -0.443 e. The van der Waals surface area contributed by atoms with Gasteiger partial charge in [-0.1, -0.05) is 35.9 Å². The van der Waals surface area contributed by atoms with Gasteiger partial charge in [-0.25, -0.2) is 4.79 Å². The molecule has 2 atom stereocenters. The molecular formula is C22H22ClNO4. The molecule has 1 aliphatic heterocycles. The van der Waals surface area contributed by atoms with E-state index >= 15 is 0 Å². The van der Waals surface area contributed by atoms with E-state index in [1.54, 1.807) is 39.0 Å². The molecule has 0 aromatic heterocycles. The van der Waals surface area contributed by atoms with E-state index in [-0.39, 0.29) is 12.3 Å². The second kappa shape index (κ2) is 6.33. The number of carbonyl (C=O) groups is 2. The lowest BCUT2D eigenvalue weighted by Crippen LogP contribution is -2.53. The van der Waals surface area contributed by atoms with Gasteiger partial charge in [-0.05, 0) is 56.5 Å². The number of ketones is 1. The Morgan fingerprint density at radius 1 is 1.25 bits per heavy atom. The Hall–Kier alpha value is -2.37. The smallest absolute Gasteiger partial charge is 0.414 e. The highest BCUT2D eigenvalue weighted by Gasteiger charge is 2.56. The van der Waals surface area contributed by atoms with Crippen LogP contribution in [0.15, 0.2) is 42.5 Å². The molecule has 6 heteroatoms. The molecule has 2 aliphatic rings. The second-order valence-electron chi connectivity index (χ2n) is 8.49. The summed E-state index contributed by atoms with van der Waals surface area (Å²) in [6, 6.07) is 12.3. The monoisotopic (exact) mass is 399 g/mol. The highest BCUT2D eigenvalue weighted by molar-refractivity contribution is 6.31. The summed E-state index contributed by atoms with van der Waals surface area (Å²) in [6.07, 6.45) is -1.20. The third kappa shape index (κ3) is 2.90. The number of Topliss-reactive ketones (excluding diaryl/α,β-unsaturated/α-hetero) is 1. The maximum atomic E-state index is 13.5. The summed E-state index contributed by atoms with van der Waals surface area (Å²) in [5, 5.41) is 11.5. The molecule has 0 radical (unpaired) electrons. The minimum absolute atomic E-state index is 0.0469. The van der Waals surface area contributed by atoms with Gasteiger partial charge in [0.15, 0.2) is 5.78 Å². The van der Waals surface area contributed by atoms with Crippen molar-refractivity contribution in [2.45, 2.75) is 38.9 Å². The molecule has 0 fully saturated rings. The maximum Gasteiger partial charge on any atom is 0.414 e. The molecule has 2 aromatic carbocycles. The lowest BCUT2D eigenvalue weighted by Gasteiger charge is -2.42.